The lowest BCUT2D eigenvalue weighted by Gasteiger charge is -2.06. The van der Waals surface area contributed by atoms with Crippen molar-refractivity contribution in [2.75, 3.05) is 0 Å². The smallest absolute Gasteiger partial charge is 0.114 e. The van der Waals surface area contributed by atoms with Crippen LogP contribution < -0.4 is 0 Å². The molecule has 0 saturated carbocycles. The lowest BCUT2D eigenvalue weighted by molar-refractivity contribution is 0.143. The zero-order valence-electron chi connectivity index (χ0n) is 6.51. The summed E-state index contributed by atoms with van der Waals surface area (Å²) in [5, 5.41) is 17.7. The summed E-state index contributed by atoms with van der Waals surface area (Å²) in [5.74, 6) is -0.115. The maximum absolute atomic E-state index is 9.00. The van der Waals surface area contributed by atoms with Gasteiger partial charge < -0.3 is 10.2 Å². The van der Waals surface area contributed by atoms with Crippen LogP contribution in [-0.2, 0) is 0 Å². The molecule has 0 aliphatic carbocycles. The predicted molar refractivity (Wildman–Crippen MR) is 41.9 cm³/mol. The van der Waals surface area contributed by atoms with E-state index in [0.29, 0.717) is 6.42 Å². The molecule has 0 aromatic carbocycles. The van der Waals surface area contributed by atoms with E-state index in [-0.39, 0.29) is 5.76 Å². The first kappa shape index (κ1) is 9.50. The molecule has 0 aliphatic rings. The lowest BCUT2D eigenvalue weighted by Crippen LogP contribution is -2.08. The van der Waals surface area contributed by atoms with Crippen LogP contribution in [0.5, 0.6) is 0 Å². The van der Waals surface area contributed by atoms with Crippen molar-refractivity contribution in [2.24, 2.45) is 0 Å². The van der Waals surface area contributed by atoms with E-state index in [9.17, 15) is 0 Å². The molecule has 2 N–H and O–H groups in total. The van der Waals surface area contributed by atoms with Gasteiger partial charge in [0.25, 0.3) is 0 Å². The maximum Gasteiger partial charge on any atom is 0.114 e. The first-order chi connectivity index (χ1) is 4.68. The Morgan fingerprint density at radius 2 is 2.10 bits per heavy atom. The van der Waals surface area contributed by atoms with Crippen LogP contribution in [0.15, 0.2) is 12.3 Å². The molecular weight excluding hydrogens is 128 g/mol. The van der Waals surface area contributed by atoms with Crippen molar-refractivity contribution in [1.29, 1.82) is 0 Å². The van der Waals surface area contributed by atoms with E-state index >= 15 is 0 Å². The number of hydrogen-bond donors (Lipinski definition) is 2. The number of aliphatic hydroxyl groups is 2. The third-order valence-corrected chi connectivity index (χ3v) is 1.47. The Balaban J connectivity index is 3.21. The van der Waals surface area contributed by atoms with E-state index in [2.05, 4.69) is 13.5 Å². The second kappa shape index (κ2) is 5.30. The van der Waals surface area contributed by atoms with Crippen molar-refractivity contribution in [3.63, 3.8) is 0 Å². The summed E-state index contributed by atoms with van der Waals surface area (Å²) in [6, 6.07) is 0. The molecule has 0 fully saturated rings. The third kappa shape index (κ3) is 4.39. The molecule has 0 bridgehead atoms. The van der Waals surface area contributed by atoms with Crippen molar-refractivity contribution in [1.82, 2.24) is 0 Å². The summed E-state index contributed by atoms with van der Waals surface area (Å²) < 4.78 is 0. The van der Waals surface area contributed by atoms with Crippen LogP contribution in [0, 0.1) is 0 Å². The number of hydrogen-bond acceptors (Lipinski definition) is 2. The van der Waals surface area contributed by atoms with E-state index in [0.717, 1.165) is 19.3 Å². The second-order valence-corrected chi connectivity index (χ2v) is 2.50. The largest absolute Gasteiger partial charge is 0.510 e. The van der Waals surface area contributed by atoms with Gasteiger partial charge in [0.15, 0.2) is 0 Å². The molecule has 1 atom stereocenters. The monoisotopic (exact) mass is 144 g/mol. The molecule has 1 unspecified atom stereocenters. The fourth-order valence-electron chi connectivity index (χ4n) is 0.754. The normalized spacial score (nSPS) is 13.0. The van der Waals surface area contributed by atoms with Gasteiger partial charge in [-0.15, -0.1) is 0 Å². The fourth-order valence-corrected chi connectivity index (χ4v) is 0.754. The van der Waals surface area contributed by atoms with Gasteiger partial charge in [-0.3, -0.25) is 0 Å². The van der Waals surface area contributed by atoms with Gasteiger partial charge in [-0.2, -0.15) is 0 Å². The van der Waals surface area contributed by atoms with E-state index in [1.54, 1.807) is 0 Å². The van der Waals surface area contributed by atoms with Crippen molar-refractivity contribution in [3.05, 3.63) is 12.3 Å². The Morgan fingerprint density at radius 3 is 2.50 bits per heavy atom. The Bertz CT molecular complexity index is 99.4. The van der Waals surface area contributed by atoms with Crippen molar-refractivity contribution >= 4 is 0 Å². The third-order valence-electron chi connectivity index (χ3n) is 1.47. The summed E-state index contributed by atoms with van der Waals surface area (Å²) in [4.78, 5) is 0. The van der Waals surface area contributed by atoms with Crippen LogP contribution >= 0.6 is 0 Å². The van der Waals surface area contributed by atoms with E-state index < -0.39 is 6.10 Å². The Morgan fingerprint density at radius 1 is 1.50 bits per heavy atom. The highest BCUT2D eigenvalue weighted by molar-refractivity contribution is 4.87. The van der Waals surface area contributed by atoms with Gasteiger partial charge in [-0.1, -0.05) is 32.8 Å². The first-order valence-electron chi connectivity index (χ1n) is 3.74. The van der Waals surface area contributed by atoms with Gasteiger partial charge in [0.1, 0.15) is 11.9 Å². The maximum atomic E-state index is 9.00. The van der Waals surface area contributed by atoms with Crippen LogP contribution in [0.4, 0.5) is 0 Å². The zero-order chi connectivity index (χ0) is 7.98. The number of rotatable bonds is 5. The van der Waals surface area contributed by atoms with Gasteiger partial charge in [-0.05, 0) is 6.42 Å². The highest BCUT2D eigenvalue weighted by Crippen LogP contribution is 2.06. The molecule has 2 nitrogen and oxygen atoms in total. The topological polar surface area (TPSA) is 40.5 Å². The number of unbranched alkanes of at least 4 members (excludes halogenated alkanes) is 2. The van der Waals surface area contributed by atoms with Gasteiger partial charge in [0.2, 0.25) is 0 Å². The summed E-state index contributed by atoms with van der Waals surface area (Å²) in [6.07, 6.45) is 3.10. The SMILES string of the molecule is C=C(O)C(O)CCCCC. The predicted octanol–water partition coefficient (Wildman–Crippen LogP) is 2.00. The summed E-state index contributed by atoms with van der Waals surface area (Å²) >= 11 is 0. The minimum absolute atomic E-state index is 0.115. The molecule has 0 spiro atoms. The summed E-state index contributed by atoms with van der Waals surface area (Å²) in [5.41, 5.74) is 0. The molecule has 0 amide bonds. The van der Waals surface area contributed by atoms with Gasteiger partial charge in [-0.25, -0.2) is 0 Å². The quantitative estimate of drug-likeness (QED) is 0.457. The van der Waals surface area contributed by atoms with Gasteiger partial charge in [0, 0.05) is 0 Å². The average Bonchev–Trinajstić information content (AvgIpc) is 1.88. The van der Waals surface area contributed by atoms with Crippen molar-refractivity contribution in [2.45, 2.75) is 38.7 Å². The minimum Gasteiger partial charge on any atom is -0.510 e. The summed E-state index contributed by atoms with van der Waals surface area (Å²) in [7, 11) is 0. The van der Waals surface area contributed by atoms with Crippen LogP contribution in [0.1, 0.15) is 32.6 Å². The molecule has 0 aliphatic heterocycles. The van der Waals surface area contributed by atoms with Crippen LogP contribution in [0.25, 0.3) is 0 Å². The standard InChI is InChI=1S/C8H16O2/c1-3-4-5-6-8(10)7(2)9/h8-10H,2-6H2,1H3. The molecular formula is C8H16O2. The molecule has 0 saturated heterocycles. The van der Waals surface area contributed by atoms with E-state index in [1.807, 2.05) is 0 Å². The minimum atomic E-state index is -0.716. The Labute approximate surface area is 62.2 Å². The van der Waals surface area contributed by atoms with Gasteiger partial charge in [0.05, 0.1) is 0 Å². The molecule has 0 aromatic heterocycles. The first-order valence-corrected chi connectivity index (χ1v) is 3.74. The Kier molecular flexibility index (Phi) is 5.03. The van der Waals surface area contributed by atoms with E-state index in [4.69, 9.17) is 10.2 Å². The van der Waals surface area contributed by atoms with Crippen LogP contribution in [0.3, 0.4) is 0 Å². The number of aliphatic hydroxyl groups excluding tert-OH is 2. The molecule has 0 aromatic rings. The second-order valence-electron chi connectivity index (χ2n) is 2.50. The molecule has 60 valence electrons. The van der Waals surface area contributed by atoms with Crippen LogP contribution in [0.2, 0.25) is 0 Å². The zero-order valence-corrected chi connectivity index (χ0v) is 6.51. The summed E-state index contributed by atoms with van der Waals surface area (Å²) in [6.45, 7) is 5.34. The highest BCUT2D eigenvalue weighted by Gasteiger charge is 2.04. The molecule has 2 heteroatoms. The van der Waals surface area contributed by atoms with Gasteiger partial charge >= 0.3 is 0 Å². The Hall–Kier alpha value is -0.500. The fraction of sp³-hybridized carbons (Fsp3) is 0.750. The molecule has 10 heavy (non-hydrogen) atoms. The van der Waals surface area contributed by atoms with Crippen molar-refractivity contribution in [3.8, 4) is 0 Å². The highest BCUT2D eigenvalue weighted by atomic mass is 16.3. The van der Waals surface area contributed by atoms with Crippen LogP contribution in [-0.4, -0.2) is 16.3 Å². The molecule has 0 heterocycles. The van der Waals surface area contributed by atoms with E-state index in [1.165, 1.54) is 0 Å². The molecule has 0 rings (SSSR count). The van der Waals surface area contributed by atoms with Crippen molar-refractivity contribution < 1.29 is 10.2 Å². The average molecular weight is 144 g/mol. The lowest BCUT2D eigenvalue weighted by atomic mass is 10.1. The molecule has 0 radical (unpaired) electrons.